The van der Waals surface area contributed by atoms with Crippen LogP contribution in [0.1, 0.15) is 176 Å². The summed E-state index contributed by atoms with van der Waals surface area (Å²) >= 11 is 7.15. The Bertz CT molecular complexity index is 2970. The van der Waals surface area contributed by atoms with Crippen LogP contribution >= 0.6 is 46.2 Å². The van der Waals surface area contributed by atoms with Gasteiger partial charge < -0.3 is 19.7 Å². The molecule has 8 bridgehead atoms. The summed E-state index contributed by atoms with van der Waals surface area (Å²) in [5.41, 5.74) is 13.8. The first kappa shape index (κ1) is 55.7. The minimum Gasteiger partial charge on any atom is -0.507 e. The number of phenolic OH excluding ortho intramolecular Hbond substituents is 2. The van der Waals surface area contributed by atoms with Crippen molar-refractivity contribution in [1.82, 2.24) is 9.97 Å². The number of phenols is 2. The highest BCUT2D eigenvalue weighted by atomic mass is 32.2. The molecule has 0 unspecified atom stereocenters. The molecule has 0 saturated carbocycles. The van der Waals surface area contributed by atoms with E-state index in [0.29, 0.717) is 50.4 Å². The molecule has 6 nitrogen and oxygen atoms in total. The number of rotatable bonds is 14. The topological polar surface area (TPSA) is 84.7 Å². The van der Waals surface area contributed by atoms with Gasteiger partial charge in [0, 0.05) is 37.2 Å². The number of aromatic hydroxyl groups is 2. The van der Waals surface area contributed by atoms with E-state index in [0.717, 1.165) is 113 Å². The minimum atomic E-state index is -0.189. The van der Waals surface area contributed by atoms with Crippen molar-refractivity contribution in [3.05, 3.63) is 164 Å². The third-order valence-corrected chi connectivity index (χ3v) is 19.1. The smallest absolute Gasteiger partial charge is 0.151 e. The largest absolute Gasteiger partial charge is 0.507 e. The van der Waals surface area contributed by atoms with Crippen molar-refractivity contribution >= 4 is 66.6 Å². The molecule has 0 spiro atoms. The number of thiazole rings is 2. The summed E-state index contributed by atoms with van der Waals surface area (Å²) in [6, 6.07) is 34.8. The van der Waals surface area contributed by atoms with Crippen LogP contribution in [0.15, 0.2) is 106 Å². The molecule has 6 aromatic carbocycles. The van der Waals surface area contributed by atoms with Crippen molar-refractivity contribution in [2.75, 3.05) is 24.7 Å². The summed E-state index contributed by atoms with van der Waals surface area (Å²) < 4.78 is 18.8. The van der Waals surface area contributed by atoms with Crippen LogP contribution in [0.4, 0.5) is 0 Å². The maximum Gasteiger partial charge on any atom is 0.151 e. The number of hydrogen-bond donors (Lipinski definition) is 2. The van der Waals surface area contributed by atoms with Gasteiger partial charge in [0.15, 0.2) is 8.68 Å². The van der Waals surface area contributed by atoms with Crippen LogP contribution in [-0.4, -0.2) is 44.9 Å². The zero-order valence-corrected chi connectivity index (χ0v) is 50.2. The van der Waals surface area contributed by atoms with Crippen LogP contribution in [0, 0.1) is 0 Å². The van der Waals surface area contributed by atoms with E-state index in [-0.39, 0.29) is 21.7 Å². The van der Waals surface area contributed by atoms with Crippen LogP contribution in [0.5, 0.6) is 23.0 Å². The summed E-state index contributed by atoms with van der Waals surface area (Å²) in [4.78, 5) is 9.72. The highest BCUT2D eigenvalue weighted by molar-refractivity contribution is 8.01. The summed E-state index contributed by atoms with van der Waals surface area (Å²) in [5.74, 6) is 4.23. The third-order valence-electron chi connectivity index (χ3n) is 14.6. The summed E-state index contributed by atoms with van der Waals surface area (Å²) in [7, 11) is 0. The molecule has 2 heterocycles. The molecular formula is C66H78N2O4S4. The molecular weight excluding hydrogens is 1010 g/mol. The summed E-state index contributed by atoms with van der Waals surface area (Å²) in [6.07, 6.45) is 5.63. The van der Waals surface area contributed by atoms with Gasteiger partial charge in [0.2, 0.25) is 0 Å². The fourth-order valence-corrected chi connectivity index (χ4v) is 14.2. The Morgan fingerprint density at radius 2 is 0.711 bits per heavy atom. The lowest BCUT2D eigenvalue weighted by atomic mass is 9.79. The van der Waals surface area contributed by atoms with Gasteiger partial charge in [-0.15, -0.1) is 22.7 Å². The van der Waals surface area contributed by atoms with E-state index in [1.54, 1.807) is 22.7 Å². The molecule has 2 aromatic heterocycles. The maximum atomic E-state index is 12.8. The first-order valence-corrected chi connectivity index (χ1v) is 30.8. The van der Waals surface area contributed by atoms with Gasteiger partial charge in [0.25, 0.3) is 0 Å². The van der Waals surface area contributed by atoms with E-state index in [2.05, 4.69) is 168 Å². The molecule has 1 aliphatic carbocycles. The molecule has 0 fully saturated rings. The monoisotopic (exact) mass is 1090 g/mol. The molecule has 9 rings (SSSR count). The van der Waals surface area contributed by atoms with Crippen LogP contribution in [0.2, 0.25) is 0 Å². The zero-order valence-electron chi connectivity index (χ0n) is 47.0. The Morgan fingerprint density at radius 3 is 1.00 bits per heavy atom. The Kier molecular flexibility index (Phi) is 16.7. The molecule has 400 valence electrons. The van der Waals surface area contributed by atoms with E-state index in [1.807, 2.05) is 35.7 Å². The highest BCUT2D eigenvalue weighted by Crippen LogP contribution is 2.44. The first-order valence-electron chi connectivity index (χ1n) is 27.2. The predicted molar refractivity (Wildman–Crippen MR) is 325 cm³/mol. The number of para-hydroxylation sites is 2. The number of thioether (sulfide) groups is 2. The molecule has 1 aliphatic rings. The average molecular weight is 1090 g/mol. The van der Waals surface area contributed by atoms with Crippen molar-refractivity contribution in [1.29, 1.82) is 0 Å². The summed E-state index contributed by atoms with van der Waals surface area (Å²) in [6.45, 7) is 28.2. The number of benzene rings is 6. The zero-order chi connectivity index (χ0) is 54.2. The van der Waals surface area contributed by atoms with Gasteiger partial charge >= 0.3 is 0 Å². The van der Waals surface area contributed by atoms with Crippen LogP contribution in [0.25, 0.3) is 20.4 Å². The maximum absolute atomic E-state index is 12.8. The van der Waals surface area contributed by atoms with E-state index < -0.39 is 0 Å². The van der Waals surface area contributed by atoms with Crippen molar-refractivity contribution in [2.45, 2.75) is 165 Å². The standard InChI is InChI=1S/C66H78N2O4S4/c1-63(2,3)49-33-41-29-45-37-51(65(7,8)9)39-47(59(45)71-25-17-19-27-73-61-67-53-21-13-15-23-55(53)75-61)31-43-35-50(64(4,5)6)36-44(58(43)70)32-48-40-52(66(10,11)12)38-46(30-42(34-49)57(41)69)60(48)72-26-18-20-28-74-62-68-54-22-14-16-24-56(54)76-62/h13-16,21-24,33-40,69-70H,17-20,25-32H2,1-12H3. The Hall–Kier alpha value is -5.00. The Balaban J connectivity index is 1.12. The second kappa shape index (κ2) is 22.8. The van der Waals surface area contributed by atoms with E-state index >= 15 is 0 Å². The van der Waals surface area contributed by atoms with E-state index in [4.69, 9.17) is 19.4 Å². The normalized spacial score (nSPS) is 13.4. The average Bonchev–Trinajstić information content (AvgIpc) is 3.97. The molecule has 0 amide bonds. The molecule has 0 saturated heterocycles. The molecule has 10 heteroatoms. The van der Waals surface area contributed by atoms with Gasteiger partial charge in [-0.3, -0.25) is 0 Å². The van der Waals surface area contributed by atoms with Gasteiger partial charge in [-0.1, -0.05) is 179 Å². The van der Waals surface area contributed by atoms with Gasteiger partial charge in [0.1, 0.15) is 23.0 Å². The molecule has 2 N–H and O–H groups in total. The fraction of sp³-hybridized carbons (Fsp3) is 0.424. The second-order valence-corrected chi connectivity index (χ2v) is 29.7. The van der Waals surface area contributed by atoms with Gasteiger partial charge in [-0.2, -0.15) is 0 Å². The molecule has 0 radical (unpaired) electrons. The van der Waals surface area contributed by atoms with Gasteiger partial charge in [0.05, 0.1) is 33.6 Å². The van der Waals surface area contributed by atoms with Crippen LogP contribution in [-0.2, 0) is 47.3 Å². The molecule has 0 aliphatic heterocycles. The lowest BCUT2D eigenvalue weighted by molar-refractivity contribution is 0.304. The number of aromatic nitrogens is 2. The lowest BCUT2D eigenvalue weighted by Gasteiger charge is -2.28. The number of ether oxygens (including phenoxy) is 2. The predicted octanol–water partition coefficient (Wildman–Crippen LogP) is 18.1. The van der Waals surface area contributed by atoms with Gasteiger partial charge in [-0.05, 0) is 138 Å². The quantitative estimate of drug-likeness (QED) is 0.0823. The molecule has 76 heavy (non-hydrogen) atoms. The van der Waals surface area contributed by atoms with Crippen LogP contribution < -0.4 is 9.47 Å². The minimum absolute atomic E-state index is 0.180. The Morgan fingerprint density at radius 1 is 0.421 bits per heavy atom. The number of fused-ring (bicyclic) bond motifs is 10. The van der Waals surface area contributed by atoms with E-state index in [1.165, 1.54) is 31.7 Å². The van der Waals surface area contributed by atoms with Crippen LogP contribution in [0.3, 0.4) is 0 Å². The van der Waals surface area contributed by atoms with Crippen molar-refractivity contribution in [2.24, 2.45) is 0 Å². The molecule has 0 atom stereocenters. The lowest BCUT2D eigenvalue weighted by Crippen LogP contribution is -2.17. The second-order valence-electron chi connectivity index (χ2n) is 24.9. The van der Waals surface area contributed by atoms with Crippen molar-refractivity contribution < 1.29 is 19.7 Å². The summed E-state index contributed by atoms with van der Waals surface area (Å²) in [5, 5.41) is 25.6. The van der Waals surface area contributed by atoms with Crippen molar-refractivity contribution in [3.8, 4) is 23.0 Å². The third kappa shape index (κ3) is 13.3. The molecule has 8 aromatic rings. The highest BCUT2D eigenvalue weighted by Gasteiger charge is 2.29. The van der Waals surface area contributed by atoms with E-state index in [9.17, 15) is 10.2 Å². The van der Waals surface area contributed by atoms with Gasteiger partial charge in [-0.25, -0.2) is 9.97 Å². The fourth-order valence-electron chi connectivity index (χ4n) is 9.92. The number of nitrogens with zero attached hydrogens (tertiary/aromatic N) is 2. The number of unbranched alkanes of at least 4 members (excludes halogenated alkanes) is 2. The van der Waals surface area contributed by atoms with Crippen molar-refractivity contribution in [3.63, 3.8) is 0 Å². The Labute approximate surface area is 469 Å². The first-order chi connectivity index (χ1) is 36.0. The number of hydrogen-bond acceptors (Lipinski definition) is 10. The SMILES string of the molecule is CC(C)(C)c1cc2c(O)c(c1)Cc1cc(C(C)(C)C)cc(c1OCCCCSc1nc3ccccc3s1)Cc1cc(C(C)(C)C)cc(c1O)Cc1cc(C(C)(C)C)cc(c1OCCCCSc1nc3ccccc3s1)C2.